The number of piperidine rings is 1. The summed E-state index contributed by atoms with van der Waals surface area (Å²) < 4.78 is 7.67. The molecule has 2 aliphatic rings. The molecule has 33 heavy (non-hydrogen) atoms. The first kappa shape index (κ1) is 21.1. The number of para-hydroxylation sites is 1. The molecule has 3 heterocycles. The smallest absolute Gasteiger partial charge is 0.171 e. The molecule has 1 atom stereocenters. The maximum absolute atomic E-state index is 5.69. The van der Waals surface area contributed by atoms with Gasteiger partial charge in [-0.2, -0.15) is 0 Å². The number of methoxy groups -OCH3 is 1. The van der Waals surface area contributed by atoms with Gasteiger partial charge >= 0.3 is 0 Å². The fourth-order valence-corrected chi connectivity index (χ4v) is 4.43. The molecule has 2 aliphatic heterocycles. The minimum atomic E-state index is 0.239. The Bertz CT molecular complexity index is 1170. The van der Waals surface area contributed by atoms with Crippen molar-refractivity contribution in [2.24, 2.45) is 5.16 Å². The number of hydrogen-bond acceptors (Lipinski definition) is 6. The van der Waals surface area contributed by atoms with E-state index in [4.69, 9.17) is 9.57 Å². The Labute approximate surface area is 194 Å². The van der Waals surface area contributed by atoms with E-state index >= 15 is 0 Å². The third-order valence-electron chi connectivity index (χ3n) is 6.11. The minimum Gasteiger partial charge on any atom is -0.495 e. The van der Waals surface area contributed by atoms with Crippen LogP contribution in [0.2, 0.25) is 0 Å². The van der Waals surface area contributed by atoms with Crippen LogP contribution in [-0.2, 0) is 4.84 Å². The molecule has 0 saturated carbocycles. The topological polar surface area (TPSA) is 63.9 Å². The number of fused-ring (bicyclic) bond motifs is 1. The fraction of sp³-hybridized carbons (Fsp3) is 0.308. The number of amidine groups is 1. The molecule has 7 heteroatoms. The standard InChI is InChI=1S/C26H29N5O2/c1-19-16-30(18-28-19)24-11-10-20(14-25(24)32-2)13-21-7-6-12-31-23(17-33-29-26(21)31)15-27-22-8-4-3-5-9-22/h3-5,8-11,13-14,16,18,23,27H,6-7,12,15,17H2,1-2H3/t23-/m0/s1. The van der Waals surface area contributed by atoms with Crippen LogP contribution in [0.4, 0.5) is 5.69 Å². The summed E-state index contributed by atoms with van der Waals surface area (Å²) in [5.74, 6) is 1.75. The average Bonchev–Trinajstić information content (AvgIpc) is 3.29. The van der Waals surface area contributed by atoms with E-state index in [1.54, 1.807) is 7.11 Å². The number of nitrogens with one attached hydrogen (secondary N) is 1. The number of ether oxygens (including phenoxy) is 1. The van der Waals surface area contributed by atoms with Crippen LogP contribution in [0.25, 0.3) is 11.8 Å². The highest BCUT2D eigenvalue weighted by Gasteiger charge is 2.31. The second kappa shape index (κ2) is 9.40. The Balaban J connectivity index is 1.36. The number of rotatable bonds is 6. The highest BCUT2D eigenvalue weighted by atomic mass is 16.6. The van der Waals surface area contributed by atoms with Crippen molar-refractivity contribution in [1.29, 1.82) is 0 Å². The number of aryl methyl sites for hydroxylation is 1. The fourth-order valence-electron chi connectivity index (χ4n) is 4.43. The minimum absolute atomic E-state index is 0.239. The third kappa shape index (κ3) is 4.58. The predicted octanol–water partition coefficient (Wildman–Crippen LogP) is 4.49. The van der Waals surface area contributed by atoms with Gasteiger partial charge in [0.1, 0.15) is 12.4 Å². The van der Waals surface area contributed by atoms with Crippen molar-refractivity contribution in [1.82, 2.24) is 14.5 Å². The van der Waals surface area contributed by atoms with E-state index in [1.807, 2.05) is 42.2 Å². The van der Waals surface area contributed by atoms with Gasteiger partial charge in [-0.05, 0) is 61.2 Å². The van der Waals surface area contributed by atoms with E-state index in [0.717, 1.165) is 60.1 Å². The molecule has 2 aromatic carbocycles. The van der Waals surface area contributed by atoms with Crippen molar-refractivity contribution in [2.45, 2.75) is 25.8 Å². The number of imidazole rings is 1. The molecule has 0 unspecified atom stereocenters. The molecule has 1 N–H and O–H groups in total. The number of nitrogens with zero attached hydrogens (tertiary/aromatic N) is 4. The maximum atomic E-state index is 5.69. The van der Waals surface area contributed by atoms with Crippen LogP contribution in [0.5, 0.6) is 5.75 Å². The lowest BCUT2D eigenvalue weighted by Crippen LogP contribution is -2.52. The lowest BCUT2D eigenvalue weighted by Gasteiger charge is -2.40. The summed E-state index contributed by atoms with van der Waals surface area (Å²) in [4.78, 5) is 12.4. The molecule has 1 aromatic heterocycles. The van der Waals surface area contributed by atoms with E-state index in [1.165, 1.54) is 5.57 Å². The molecular weight excluding hydrogens is 414 g/mol. The normalized spacial score (nSPS) is 19.0. The molecule has 3 aromatic rings. The summed E-state index contributed by atoms with van der Waals surface area (Å²) in [5.41, 5.74) is 5.33. The van der Waals surface area contributed by atoms with Gasteiger partial charge in [-0.3, -0.25) is 0 Å². The van der Waals surface area contributed by atoms with Gasteiger partial charge in [0.2, 0.25) is 0 Å². The first-order valence-electron chi connectivity index (χ1n) is 11.4. The second-order valence-electron chi connectivity index (χ2n) is 8.43. The molecule has 0 radical (unpaired) electrons. The van der Waals surface area contributed by atoms with Crippen molar-refractivity contribution >= 4 is 17.6 Å². The van der Waals surface area contributed by atoms with Crippen molar-refractivity contribution in [3.63, 3.8) is 0 Å². The zero-order chi connectivity index (χ0) is 22.6. The molecule has 7 nitrogen and oxygen atoms in total. The van der Waals surface area contributed by atoms with Crippen LogP contribution < -0.4 is 10.1 Å². The summed E-state index contributed by atoms with van der Waals surface area (Å²) in [6.45, 7) is 4.36. The van der Waals surface area contributed by atoms with Gasteiger partial charge in [0.05, 0.1) is 30.9 Å². The maximum Gasteiger partial charge on any atom is 0.171 e. The van der Waals surface area contributed by atoms with E-state index in [0.29, 0.717) is 6.61 Å². The van der Waals surface area contributed by atoms with E-state index in [2.05, 4.69) is 56.8 Å². The van der Waals surface area contributed by atoms with Crippen molar-refractivity contribution < 1.29 is 9.57 Å². The van der Waals surface area contributed by atoms with Crippen molar-refractivity contribution in [3.8, 4) is 11.4 Å². The van der Waals surface area contributed by atoms with Crippen molar-refractivity contribution in [2.75, 3.05) is 32.1 Å². The quantitative estimate of drug-likeness (QED) is 0.608. The number of aromatic nitrogens is 2. The predicted molar refractivity (Wildman–Crippen MR) is 131 cm³/mol. The van der Waals surface area contributed by atoms with Gasteiger partial charge in [-0.15, -0.1) is 0 Å². The van der Waals surface area contributed by atoms with Gasteiger partial charge < -0.3 is 24.4 Å². The van der Waals surface area contributed by atoms with E-state index in [-0.39, 0.29) is 6.04 Å². The number of anilines is 1. The summed E-state index contributed by atoms with van der Waals surface area (Å²) in [6.07, 6.45) is 8.07. The van der Waals surface area contributed by atoms with Crippen LogP contribution in [-0.4, -0.2) is 53.1 Å². The SMILES string of the molecule is COc1cc(C=C2CCCN3C2=NOC[C@@H]3CNc2ccccc2)ccc1-n1cnc(C)c1. The van der Waals surface area contributed by atoms with Gasteiger partial charge in [-0.25, -0.2) is 4.98 Å². The van der Waals surface area contributed by atoms with E-state index < -0.39 is 0 Å². The van der Waals surface area contributed by atoms with Crippen LogP contribution >= 0.6 is 0 Å². The number of oxime groups is 1. The lowest BCUT2D eigenvalue weighted by molar-refractivity contribution is 0.0626. The second-order valence-corrected chi connectivity index (χ2v) is 8.43. The van der Waals surface area contributed by atoms with Crippen LogP contribution in [0.1, 0.15) is 24.1 Å². The molecule has 1 saturated heterocycles. The summed E-state index contributed by atoms with van der Waals surface area (Å²) >= 11 is 0. The molecular formula is C26H29N5O2. The first-order chi connectivity index (χ1) is 16.2. The Hall–Kier alpha value is -3.74. The zero-order valence-corrected chi connectivity index (χ0v) is 19.1. The molecule has 170 valence electrons. The molecule has 0 bridgehead atoms. The summed E-state index contributed by atoms with van der Waals surface area (Å²) in [7, 11) is 1.70. The molecule has 0 amide bonds. The molecule has 1 fully saturated rings. The first-order valence-corrected chi connectivity index (χ1v) is 11.4. The van der Waals surface area contributed by atoms with Crippen LogP contribution in [0, 0.1) is 6.92 Å². The Morgan fingerprint density at radius 1 is 1.21 bits per heavy atom. The monoisotopic (exact) mass is 443 g/mol. The van der Waals surface area contributed by atoms with Crippen molar-refractivity contribution in [3.05, 3.63) is 77.9 Å². The lowest BCUT2D eigenvalue weighted by atomic mass is 9.98. The molecule has 0 spiro atoms. The summed E-state index contributed by atoms with van der Waals surface area (Å²) in [6, 6.07) is 16.8. The van der Waals surface area contributed by atoms with Gasteiger partial charge in [-0.1, -0.05) is 29.4 Å². The van der Waals surface area contributed by atoms with E-state index in [9.17, 15) is 0 Å². The highest BCUT2D eigenvalue weighted by Crippen LogP contribution is 2.29. The van der Waals surface area contributed by atoms with Crippen LogP contribution in [0.15, 0.2) is 71.8 Å². The van der Waals surface area contributed by atoms with Gasteiger partial charge in [0, 0.05) is 25.0 Å². The van der Waals surface area contributed by atoms with Gasteiger partial charge in [0.25, 0.3) is 0 Å². The zero-order valence-electron chi connectivity index (χ0n) is 19.1. The highest BCUT2D eigenvalue weighted by molar-refractivity contribution is 6.03. The summed E-state index contributed by atoms with van der Waals surface area (Å²) in [5, 5.41) is 7.98. The Morgan fingerprint density at radius 2 is 2.09 bits per heavy atom. The molecule has 5 rings (SSSR count). The van der Waals surface area contributed by atoms with Gasteiger partial charge in [0.15, 0.2) is 5.84 Å². The number of hydrogen-bond donors (Lipinski definition) is 1. The number of benzene rings is 2. The molecule has 0 aliphatic carbocycles. The largest absolute Gasteiger partial charge is 0.495 e. The average molecular weight is 444 g/mol. The third-order valence-corrected chi connectivity index (χ3v) is 6.11. The van der Waals surface area contributed by atoms with Crippen LogP contribution in [0.3, 0.4) is 0 Å². The Kier molecular flexibility index (Phi) is 6.02. The Morgan fingerprint density at radius 3 is 2.88 bits per heavy atom.